The van der Waals surface area contributed by atoms with Crippen molar-refractivity contribution in [2.45, 2.75) is 46.1 Å². The molecule has 0 aliphatic carbocycles. The predicted molar refractivity (Wildman–Crippen MR) is 60.8 cm³/mol. The van der Waals surface area contributed by atoms with E-state index in [2.05, 4.69) is 0 Å². The van der Waals surface area contributed by atoms with Gasteiger partial charge >= 0.3 is 11.9 Å². The molecule has 0 aromatic heterocycles. The van der Waals surface area contributed by atoms with E-state index in [9.17, 15) is 9.59 Å². The van der Waals surface area contributed by atoms with E-state index in [1.54, 1.807) is 13.8 Å². The number of rotatable bonds is 6. The summed E-state index contributed by atoms with van der Waals surface area (Å²) in [7, 11) is 0. The molecule has 0 amide bonds. The van der Waals surface area contributed by atoms with Crippen LogP contribution < -0.4 is 0 Å². The monoisotopic (exact) mass is 241 g/mol. The predicted octanol–water partition coefficient (Wildman–Crippen LogP) is 1.81. The van der Waals surface area contributed by atoms with Crippen molar-refractivity contribution in [2.75, 3.05) is 6.61 Å². The van der Waals surface area contributed by atoms with Crippen LogP contribution >= 0.6 is 0 Å². The van der Waals surface area contributed by atoms with Crippen LogP contribution in [0, 0.1) is 17.2 Å². The van der Waals surface area contributed by atoms with Crippen molar-refractivity contribution in [1.82, 2.24) is 0 Å². The summed E-state index contributed by atoms with van der Waals surface area (Å²) in [5.74, 6) is -0.961. The lowest BCUT2D eigenvalue weighted by atomic mass is 10.0. The average Bonchev–Trinajstić information content (AvgIpc) is 2.16. The number of hydrogen-bond acceptors (Lipinski definition) is 5. The van der Waals surface area contributed by atoms with Crippen LogP contribution in [-0.4, -0.2) is 24.1 Å². The van der Waals surface area contributed by atoms with Gasteiger partial charge in [0.2, 0.25) is 0 Å². The van der Waals surface area contributed by atoms with E-state index >= 15 is 0 Å². The van der Waals surface area contributed by atoms with Crippen LogP contribution in [0.1, 0.15) is 40.5 Å². The van der Waals surface area contributed by atoms with Crippen LogP contribution in [0.5, 0.6) is 0 Å². The quantitative estimate of drug-likeness (QED) is 0.663. The zero-order chi connectivity index (χ0) is 13.5. The average molecular weight is 241 g/mol. The topological polar surface area (TPSA) is 76.4 Å². The van der Waals surface area contributed by atoms with E-state index in [0.29, 0.717) is 6.61 Å². The van der Waals surface area contributed by atoms with E-state index in [4.69, 9.17) is 14.7 Å². The minimum absolute atomic E-state index is 0.101. The highest BCUT2D eigenvalue weighted by Gasteiger charge is 2.23. The van der Waals surface area contributed by atoms with Gasteiger partial charge in [-0.3, -0.25) is 9.59 Å². The Bertz CT molecular complexity index is 317. The van der Waals surface area contributed by atoms with Crippen LogP contribution in [0.25, 0.3) is 0 Å². The molecule has 1 atom stereocenters. The minimum atomic E-state index is -1.12. The van der Waals surface area contributed by atoms with Crippen molar-refractivity contribution in [3.05, 3.63) is 0 Å². The summed E-state index contributed by atoms with van der Waals surface area (Å²) >= 11 is 0. The molecule has 0 aliphatic rings. The summed E-state index contributed by atoms with van der Waals surface area (Å²) in [4.78, 5) is 22.6. The lowest BCUT2D eigenvalue weighted by Crippen LogP contribution is -2.27. The molecule has 0 aliphatic heterocycles. The molecule has 0 rings (SSSR count). The molecule has 0 spiro atoms. The summed E-state index contributed by atoms with van der Waals surface area (Å²) in [6.07, 6.45) is 0.278. The number of ether oxygens (including phenoxy) is 2. The van der Waals surface area contributed by atoms with E-state index in [1.807, 2.05) is 6.07 Å². The van der Waals surface area contributed by atoms with Crippen molar-refractivity contribution < 1.29 is 19.1 Å². The summed E-state index contributed by atoms with van der Waals surface area (Å²) in [5, 5.41) is 8.69. The fourth-order valence-electron chi connectivity index (χ4n) is 1.21. The molecule has 5 nitrogen and oxygen atoms in total. The molecule has 1 unspecified atom stereocenters. The largest absolute Gasteiger partial charge is 0.466 e. The Morgan fingerprint density at radius 1 is 1.29 bits per heavy atom. The number of carbonyl (C=O) groups is 2. The highest BCUT2D eigenvalue weighted by molar-refractivity contribution is 5.73. The van der Waals surface area contributed by atoms with E-state index in [0.717, 1.165) is 0 Å². The zero-order valence-corrected chi connectivity index (χ0v) is 10.8. The Morgan fingerprint density at radius 3 is 2.29 bits per heavy atom. The maximum Gasteiger partial charge on any atom is 0.307 e. The van der Waals surface area contributed by atoms with Crippen LogP contribution in [-0.2, 0) is 19.1 Å². The first-order chi connectivity index (χ1) is 7.80. The highest BCUT2D eigenvalue weighted by Crippen LogP contribution is 2.14. The van der Waals surface area contributed by atoms with Gasteiger partial charge in [0.25, 0.3) is 0 Å². The summed E-state index contributed by atoms with van der Waals surface area (Å²) in [6, 6.07) is 1.87. The van der Waals surface area contributed by atoms with Gasteiger partial charge in [-0.15, -0.1) is 0 Å². The van der Waals surface area contributed by atoms with Crippen molar-refractivity contribution >= 4 is 11.9 Å². The third-order valence-corrected chi connectivity index (χ3v) is 1.97. The molecule has 0 aromatic rings. The maximum absolute atomic E-state index is 11.4. The fraction of sp³-hybridized carbons (Fsp3) is 0.750. The Hall–Kier alpha value is -1.57. The first-order valence-electron chi connectivity index (χ1n) is 5.59. The van der Waals surface area contributed by atoms with Crippen LogP contribution in [0.2, 0.25) is 0 Å². The van der Waals surface area contributed by atoms with Crippen LogP contribution in [0.15, 0.2) is 0 Å². The molecule has 0 N–H and O–H groups in total. The normalized spacial score (nSPS) is 12.4. The lowest BCUT2D eigenvalue weighted by Gasteiger charge is -2.18. The molecule has 0 saturated heterocycles. The summed E-state index contributed by atoms with van der Waals surface area (Å²) < 4.78 is 9.72. The summed E-state index contributed by atoms with van der Waals surface area (Å²) in [6.45, 7) is 6.85. The molecule has 0 radical (unpaired) electrons. The second-order valence-electron chi connectivity index (χ2n) is 4.41. The molecule has 0 heterocycles. The molecule has 0 aromatic carbocycles. The Labute approximate surface area is 102 Å². The first kappa shape index (κ1) is 15.4. The van der Waals surface area contributed by atoms with E-state index in [1.165, 1.54) is 13.8 Å². The first-order valence-corrected chi connectivity index (χ1v) is 5.59. The van der Waals surface area contributed by atoms with Gasteiger partial charge in [-0.2, -0.15) is 5.26 Å². The van der Waals surface area contributed by atoms with Gasteiger partial charge in [-0.25, -0.2) is 0 Å². The van der Waals surface area contributed by atoms with E-state index in [-0.39, 0.29) is 24.7 Å². The smallest absolute Gasteiger partial charge is 0.307 e. The van der Waals surface area contributed by atoms with Crippen LogP contribution in [0.3, 0.4) is 0 Å². The third-order valence-electron chi connectivity index (χ3n) is 1.97. The number of hydrogen-bond donors (Lipinski definition) is 0. The van der Waals surface area contributed by atoms with Crippen molar-refractivity contribution in [1.29, 1.82) is 5.26 Å². The number of nitriles is 1. The molecule has 96 valence electrons. The van der Waals surface area contributed by atoms with Crippen LogP contribution in [0.4, 0.5) is 0 Å². The summed E-state index contributed by atoms with van der Waals surface area (Å²) in [5.41, 5.74) is -1.12. The van der Waals surface area contributed by atoms with Crippen molar-refractivity contribution in [2.24, 2.45) is 5.92 Å². The molecular formula is C12H19NO4. The van der Waals surface area contributed by atoms with Crippen molar-refractivity contribution in [3.63, 3.8) is 0 Å². The Balaban J connectivity index is 4.05. The van der Waals surface area contributed by atoms with Gasteiger partial charge in [0.15, 0.2) is 5.60 Å². The van der Waals surface area contributed by atoms with Crippen molar-refractivity contribution in [3.8, 4) is 6.07 Å². The van der Waals surface area contributed by atoms with Gasteiger partial charge in [0.1, 0.15) is 6.07 Å². The lowest BCUT2D eigenvalue weighted by molar-refractivity contribution is -0.153. The molecule has 5 heteroatoms. The molecule has 17 heavy (non-hydrogen) atoms. The van der Waals surface area contributed by atoms with Gasteiger partial charge in [-0.1, -0.05) is 6.92 Å². The zero-order valence-electron chi connectivity index (χ0n) is 10.8. The molecule has 0 fully saturated rings. The number of carbonyl (C=O) groups excluding carboxylic acids is 2. The third kappa shape index (κ3) is 7.34. The maximum atomic E-state index is 11.4. The number of esters is 2. The Kier molecular flexibility index (Phi) is 6.26. The van der Waals surface area contributed by atoms with E-state index < -0.39 is 11.6 Å². The van der Waals surface area contributed by atoms with Gasteiger partial charge in [0, 0.05) is 12.8 Å². The fourth-order valence-corrected chi connectivity index (χ4v) is 1.21. The second-order valence-corrected chi connectivity index (χ2v) is 4.41. The standard InChI is InChI=1S/C12H19NO4/c1-5-16-10(14)6-9(2)7-11(15)17-12(3,4)8-13/h9H,5-7H2,1-4H3. The minimum Gasteiger partial charge on any atom is -0.466 e. The molecule has 0 bridgehead atoms. The highest BCUT2D eigenvalue weighted by atomic mass is 16.6. The molecular weight excluding hydrogens is 222 g/mol. The SMILES string of the molecule is CCOC(=O)CC(C)CC(=O)OC(C)(C)C#N. The molecule has 0 saturated carbocycles. The second kappa shape index (κ2) is 6.89. The van der Waals surface area contributed by atoms with Gasteiger partial charge < -0.3 is 9.47 Å². The Morgan fingerprint density at radius 2 is 1.82 bits per heavy atom. The van der Waals surface area contributed by atoms with Gasteiger partial charge in [-0.05, 0) is 26.7 Å². The number of nitrogens with zero attached hydrogens (tertiary/aromatic N) is 1. The van der Waals surface area contributed by atoms with Gasteiger partial charge in [0.05, 0.1) is 6.61 Å².